The lowest BCUT2D eigenvalue weighted by atomic mass is 10.1. The highest BCUT2D eigenvalue weighted by molar-refractivity contribution is 8.00. The Balaban J connectivity index is 2.43. The molecule has 0 spiro atoms. The van der Waals surface area contributed by atoms with E-state index in [0.717, 1.165) is 21.0 Å². The lowest BCUT2D eigenvalue weighted by molar-refractivity contribution is 0.803. The molecule has 0 atom stereocenters. The second-order valence-electron chi connectivity index (χ2n) is 5.07. The number of pyridine rings is 1. The number of benzene rings is 1. The van der Waals surface area contributed by atoms with E-state index in [9.17, 15) is 0 Å². The second kappa shape index (κ2) is 5.33. The molecule has 0 radical (unpaired) electrons. The van der Waals surface area contributed by atoms with Crippen LogP contribution in [0.25, 0.3) is 11.1 Å². The zero-order chi connectivity index (χ0) is 13.2. The van der Waals surface area contributed by atoms with Crippen LogP contribution in [0.3, 0.4) is 0 Å². The molecule has 94 valence electrons. The summed E-state index contributed by atoms with van der Waals surface area (Å²) in [6.07, 6.45) is 3.61. The van der Waals surface area contributed by atoms with Crippen LogP contribution < -0.4 is 0 Å². The van der Waals surface area contributed by atoms with Gasteiger partial charge in [0.05, 0.1) is 5.02 Å². The van der Waals surface area contributed by atoms with Crippen LogP contribution in [0, 0.1) is 0 Å². The summed E-state index contributed by atoms with van der Waals surface area (Å²) in [6, 6.07) is 10.1. The van der Waals surface area contributed by atoms with Gasteiger partial charge in [0.2, 0.25) is 0 Å². The van der Waals surface area contributed by atoms with Gasteiger partial charge in [-0.3, -0.25) is 4.98 Å². The first-order valence-electron chi connectivity index (χ1n) is 5.85. The Labute approximate surface area is 118 Å². The van der Waals surface area contributed by atoms with E-state index < -0.39 is 0 Å². The third-order valence-electron chi connectivity index (χ3n) is 2.35. The van der Waals surface area contributed by atoms with Gasteiger partial charge >= 0.3 is 0 Å². The lowest BCUT2D eigenvalue weighted by Crippen LogP contribution is -2.06. The van der Waals surface area contributed by atoms with E-state index in [-0.39, 0.29) is 4.75 Å². The number of nitrogens with zero attached hydrogens (tertiary/aromatic N) is 1. The average molecular weight is 278 g/mol. The highest BCUT2D eigenvalue weighted by Gasteiger charge is 2.16. The van der Waals surface area contributed by atoms with Gasteiger partial charge in [-0.2, -0.15) is 0 Å². The summed E-state index contributed by atoms with van der Waals surface area (Å²) in [7, 11) is 0. The molecule has 1 aromatic carbocycles. The van der Waals surface area contributed by atoms with Crippen LogP contribution in [0.5, 0.6) is 0 Å². The van der Waals surface area contributed by atoms with E-state index in [0.29, 0.717) is 0 Å². The van der Waals surface area contributed by atoms with Crippen LogP contribution in [-0.2, 0) is 0 Å². The molecule has 0 amide bonds. The molecule has 1 nitrogen and oxygen atoms in total. The largest absolute Gasteiger partial charge is 0.264 e. The molecule has 0 saturated heterocycles. The van der Waals surface area contributed by atoms with Gasteiger partial charge in [-0.15, -0.1) is 11.8 Å². The highest BCUT2D eigenvalue weighted by Crippen LogP contribution is 2.40. The summed E-state index contributed by atoms with van der Waals surface area (Å²) in [4.78, 5) is 5.26. The van der Waals surface area contributed by atoms with Crippen molar-refractivity contribution in [1.82, 2.24) is 4.98 Å². The van der Waals surface area contributed by atoms with E-state index >= 15 is 0 Å². The fraction of sp³-hybridized carbons (Fsp3) is 0.267. The zero-order valence-electron chi connectivity index (χ0n) is 10.8. The minimum Gasteiger partial charge on any atom is -0.264 e. The quantitative estimate of drug-likeness (QED) is 0.692. The molecule has 0 saturated carbocycles. The van der Waals surface area contributed by atoms with Crippen molar-refractivity contribution in [1.29, 1.82) is 0 Å². The molecule has 3 heteroatoms. The first-order valence-corrected chi connectivity index (χ1v) is 7.05. The van der Waals surface area contributed by atoms with Crippen LogP contribution in [0.4, 0.5) is 0 Å². The molecule has 0 fully saturated rings. The number of thioether (sulfide) groups is 1. The van der Waals surface area contributed by atoms with Gasteiger partial charge in [0.15, 0.2) is 0 Å². The van der Waals surface area contributed by atoms with Crippen molar-refractivity contribution in [2.45, 2.75) is 30.4 Å². The van der Waals surface area contributed by atoms with E-state index in [1.165, 1.54) is 0 Å². The van der Waals surface area contributed by atoms with E-state index in [1.54, 1.807) is 18.0 Å². The number of rotatable bonds is 2. The molecule has 2 aromatic rings. The molecule has 0 bridgehead atoms. The Morgan fingerprint density at radius 2 is 1.89 bits per heavy atom. The Hall–Kier alpha value is -0.990. The van der Waals surface area contributed by atoms with Gasteiger partial charge in [0.1, 0.15) is 0 Å². The van der Waals surface area contributed by atoms with Crippen LogP contribution in [-0.4, -0.2) is 9.73 Å². The predicted molar refractivity (Wildman–Crippen MR) is 80.3 cm³/mol. The van der Waals surface area contributed by atoms with Gasteiger partial charge in [-0.25, -0.2) is 0 Å². The van der Waals surface area contributed by atoms with Gasteiger partial charge < -0.3 is 0 Å². The summed E-state index contributed by atoms with van der Waals surface area (Å²) in [5.41, 5.74) is 2.10. The summed E-state index contributed by atoms with van der Waals surface area (Å²) >= 11 is 8.28. The summed E-state index contributed by atoms with van der Waals surface area (Å²) in [5, 5.41) is 0.811. The maximum Gasteiger partial charge on any atom is 0.0620 e. The van der Waals surface area contributed by atoms with Crippen molar-refractivity contribution in [3.8, 4) is 11.1 Å². The number of halogens is 1. The normalized spacial score (nSPS) is 11.6. The van der Waals surface area contributed by atoms with Crippen LogP contribution in [0.15, 0.2) is 47.6 Å². The van der Waals surface area contributed by atoms with Crippen LogP contribution in [0.1, 0.15) is 20.8 Å². The Morgan fingerprint density at radius 3 is 2.50 bits per heavy atom. The fourth-order valence-corrected chi connectivity index (χ4v) is 3.02. The van der Waals surface area contributed by atoms with Crippen molar-refractivity contribution in [3.63, 3.8) is 0 Å². The Morgan fingerprint density at radius 1 is 1.11 bits per heavy atom. The van der Waals surface area contributed by atoms with Gasteiger partial charge in [0.25, 0.3) is 0 Å². The minimum atomic E-state index is 0.150. The molecule has 0 N–H and O–H groups in total. The highest BCUT2D eigenvalue weighted by atomic mass is 35.5. The molecular weight excluding hydrogens is 262 g/mol. The van der Waals surface area contributed by atoms with Crippen molar-refractivity contribution >= 4 is 23.4 Å². The second-order valence-corrected chi connectivity index (χ2v) is 7.32. The molecule has 0 aliphatic carbocycles. The van der Waals surface area contributed by atoms with E-state index in [4.69, 9.17) is 11.6 Å². The first kappa shape index (κ1) is 13.4. The SMILES string of the molecule is CC(C)(C)Sc1cccc(-c2cccnc2)c1Cl. The van der Waals surface area contributed by atoms with Crippen LogP contribution in [0.2, 0.25) is 5.02 Å². The molecule has 0 aliphatic rings. The third-order valence-corrected chi connectivity index (χ3v) is 4.04. The summed E-state index contributed by atoms with van der Waals surface area (Å²) < 4.78 is 0.150. The van der Waals surface area contributed by atoms with Gasteiger partial charge in [-0.1, -0.05) is 50.6 Å². The standard InChI is InChI=1S/C15H16ClNS/c1-15(2,3)18-13-8-4-7-12(14(13)16)11-6-5-9-17-10-11/h4-10H,1-3H3. The summed E-state index contributed by atoms with van der Waals surface area (Å²) in [5.74, 6) is 0. The smallest absolute Gasteiger partial charge is 0.0620 e. The maximum absolute atomic E-state index is 6.50. The Kier molecular flexibility index (Phi) is 3.98. The van der Waals surface area contributed by atoms with Crippen molar-refractivity contribution in [2.75, 3.05) is 0 Å². The van der Waals surface area contributed by atoms with Gasteiger partial charge in [0, 0.05) is 33.2 Å². The molecule has 18 heavy (non-hydrogen) atoms. The monoisotopic (exact) mass is 277 g/mol. The molecule has 0 aliphatic heterocycles. The molecular formula is C15H16ClNS. The van der Waals surface area contributed by atoms with Crippen LogP contribution >= 0.6 is 23.4 Å². The third kappa shape index (κ3) is 3.27. The van der Waals surface area contributed by atoms with Crippen molar-refractivity contribution in [3.05, 3.63) is 47.7 Å². The molecule has 1 heterocycles. The van der Waals surface area contributed by atoms with Gasteiger partial charge in [-0.05, 0) is 12.1 Å². The summed E-state index contributed by atoms with van der Waals surface area (Å²) in [6.45, 7) is 6.56. The number of hydrogen-bond acceptors (Lipinski definition) is 2. The number of aromatic nitrogens is 1. The lowest BCUT2D eigenvalue weighted by Gasteiger charge is -2.19. The Bertz CT molecular complexity index is 532. The molecule has 0 unspecified atom stereocenters. The van der Waals surface area contributed by atoms with E-state index in [2.05, 4.69) is 31.8 Å². The first-order chi connectivity index (χ1) is 8.47. The maximum atomic E-state index is 6.50. The zero-order valence-corrected chi connectivity index (χ0v) is 12.3. The van der Waals surface area contributed by atoms with Crippen molar-refractivity contribution < 1.29 is 0 Å². The van der Waals surface area contributed by atoms with Crippen molar-refractivity contribution in [2.24, 2.45) is 0 Å². The fourth-order valence-electron chi connectivity index (χ4n) is 1.66. The predicted octanol–water partition coefficient (Wildman–Crippen LogP) is 5.29. The average Bonchev–Trinajstić information content (AvgIpc) is 2.31. The topological polar surface area (TPSA) is 12.9 Å². The molecule has 2 rings (SSSR count). The number of hydrogen-bond donors (Lipinski definition) is 0. The van der Waals surface area contributed by atoms with E-state index in [1.807, 2.05) is 30.5 Å². The molecule has 1 aromatic heterocycles. The minimum absolute atomic E-state index is 0.150.